The Kier molecular flexibility index (Phi) is 6.64. The van der Waals surface area contributed by atoms with Gasteiger partial charge in [0.2, 0.25) is 0 Å². The first-order valence-electron chi connectivity index (χ1n) is 10.7. The van der Waals surface area contributed by atoms with Gasteiger partial charge in [-0.15, -0.1) is 0 Å². The molecule has 0 atom stereocenters. The van der Waals surface area contributed by atoms with Gasteiger partial charge in [0.1, 0.15) is 11.6 Å². The van der Waals surface area contributed by atoms with Crippen molar-refractivity contribution < 1.29 is 9.53 Å². The lowest BCUT2D eigenvalue weighted by Gasteiger charge is -2.19. The molecule has 0 radical (unpaired) electrons. The first-order chi connectivity index (χ1) is 16.0. The molecule has 1 amide bonds. The molecule has 0 spiro atoms. The van der Waals surface area contributed by atoms with Crippen LogP contribution in [0.4, 0.5) is 11.5 Å². The molecule has 6 nitrogen and oxygen atoms in total. The van der Waals surface area contributed by atoms with Crippen LogP contribution < -0.4 is 15.0 Å². The Morgan fingerprint density at radius 2 is 1.76 bits per heavy atom. The highest BCUT2D eigenvalue weighted by molar-refractivity contribution is 6.04. The van der Waals surface area contributed by atoms with Gasteiger partial charge in [-0.2, -0.15) is 0 Å². The average Bonchev–Trinajstić information content (AvgIpc) is 2.85. The molecule has 0 aliphatic rings. The second kappa shape index (κ2) is 9.96. The standard InChI is InChI=1S/C27H26N4O2/c1-19-7-11-21(12-8-19)27(32)29-23-6-4-5-22(17-23)26-28-16-15-25(30-26)31(2)18-20-9-13-24(33-3)14-10-20/h4-17H,18H2,1-3H3,(H,29,32). The normalized spacial score (nSPS) is 10.5. The number of carbonyl (C=O) groups excluding carboxylic acids is 1. The van der Waals surface area contributed by atoms with Gasteiger partial charge in [-0.25, -0.2) is 9.97 Å². The highest BCUT2D eigenvalue weighted by Gasteiger charge is 2.10. The molecular formula is C27H26N4O2. The largest absolute Gasteiger partial charge is 0.497 e. The second-order valence-electron chi connectivity index (χ2n) is 7.84. The predicted molar refractivity (Wildman–Crippen MR) is 132 cm³/mol. The van der Waals surface area contributed by atoms with Crippen LogP contribution in [0.2, 0.25) is 0 Å². The minimum atomic E-state index is -0.152. The van der Waals surface area contributed by atoms with Crippen molar-refractivity contribution in [2.45, 2.75) is 13.5 Å². The molecule has 4 aromatic rings. The van der Waals surface area contributed by atoms with Gasteiger partial charge in [-0.05, 0) is 55.0 Å². The third-order valence-electron chi connectivity index (χ3n) is 5.30. The van der Waals surface area contributed by atoms with Crippen molar-refractivity contribution in [3.05, 3.63) is 102 Å². The second-order valence-corrected chi connectivity index (χ2v) is 7.84. The molecule has 3 aromatic carbocycles. The Morgan fingerprint density at radius 3 is 2.48 bits per heavy atom. The van der Waals surface area contributed by atoms with Gasteiger partial charge >= 0.3 is 0 Å². The number of nitrogens with zero attached hydrogens (tertiary/aromatic N) is 3. The van der Waals surface area contributed by atoms with Crippen molar-refractivity contribution >= 4 is 17.4 Å². The Bertz CT molecular complexity index is 1240. The van der Waals surface area contributed by atoms with E-state index in [-0.39, 0.29) is 5.91 Å². The van der Waals surface area contributed by atoms with E-state index in [0.29, 0.717) is 23.6 Å². The number of methoxy groups -OCH3 is 1. The van der Waals surface area contributed by atoms with E-state index in [1.807, 2.05) is 92.8 Å². The molecule has 0 unspecified atom stereocenters. The van der Waals surface area contributed by atoms with Gasteiger partial charge in [-0.1, -0.05) is 42.0 Å². The van der Waals surface area contributed by atoms with Gasteiger partial charge in [-0.3, -0.25) is 4.79 Å². The van der Waals surface area contributed by atoms with E-state index in [1.165, 1.54) is 0 Å². The zero-order valence-corrected chi connectivity index (χ0v) is 18.9. The molecule has 1 aromatic heterocycles. The Labute approximate surface area is 193 Å². The number of hydrogen-bond donors (Lipinski definition) is 1. The van der Waals surface area contributed by atoms with Crippen LogP contribution in [0.15, 0.2) is 85.1 Å². The van der Waals surface area contributed by atoms with E-state index in [4.69, 9.17) is 9.72 Å². The van der Waals surface area contributed by atoms with Gasteiger partial charge in [0.25, 0.3) is 5.91 Å². The maximum Gasteiger partial charge on any atom is 0.255 e. The summed E-state index contributed by atoms with van der Waals surface area (Å²) in [5.74, 6) is 2.09. The smallest absolute Gasteiger partial charge is 0.255 e. The number of rotatable bonds is 7. The van der Waals surface area contributed by atoms with E-state index in [2.05, 4.69) is 15.2 Å². The summed E-state index contributed by atoms with van der Waals surface area (Å²) in [6, 6.07) is 24.9. The molecular weight excluding hydrogens is 412 g/mol. The summed E-state index contributed by atoms with van der Waals surface area (Å²) < 4.78 is 5.23. The predicted octanol–water partition coefficient (Wildman–Crippen LogP) is 5.35. The number of ether oxygens (including phenoxy) is 1. The van der Waals surface area contributed by atoms with Gasteiger partial charge in [0.05, 0.1) is 7.11 Å². The number of aromatic nitrogens is 2. The van der Waals surface area contributed by atoms with E-state index in [9.17, 15) is 4.79 Å². The van der Waals surface area contributed by atoms with Gasteiger partial charge < -0.3 is 15.0 Å². The maximum absolute atomic E-state index is 12.6. The molecule has 166 valence electrons. The monoisotopic (exact) mass is 438 g/mol. The molecule has 33 heavy (non-hydrogen) atoms. The average molecular weight is 439 g/mol. The summed E-state index contributed by atoms with van der Waals surface area (Å²) in [6.45, 7) is 2.70. The lowest BCUT2D eigenvalue weighted by molar-refractivity contribution is 0.102. The third kappa shape index (κ3) is 5.54. The molecule has 4 rings (SSSR count). The number of anilines is 2. The number of nitrogens with one attached hydrogen (secondary N) is 1. The molecule has 6 heteroatoms. The topological polar surface area (TPSA) is 67.3 Å². The molecule has 0 fully saturated rings. The highest BCUT2D eigenvalue weighted by Crippen LogP contribution is 2.23. The number of hydrogen-bond acceptors (Lipinski definition) is 5. The lowest BCUT2D eigenvalue weighted by atomic mass is 10.1. The van der Waals surface area contributed by atoms with Gasteiger partial charge in [0, 0.05) is 36.6 Å². The van der Waals surface area contributed by atoms with Crippen molar-refractivity contribution in [3.63, 3.8) is 0 Å². The van der Waals surface area contributed by atoms with Crippen LogP contribution in [0.5, 0.6) is 5.75 Å². The van der Waals surface area contributed by atoms with Crippen molar-refractivity contribution in [2.75, 3.05) is 24.4 Å². The van der Waals surface area contributed by atoms with Crippen molar-refractivity contribution in [1.82, 2.24) is 9.97 Å². The molecule has 1 N–H and O–H groups in total. The van der Waals surface area contributed by atoms with Crippen molar-refractivity contribution in [1.29, 1.82) is 0 Å². The van der Waals surface area contributed by atoms with E-state index in [1.54, 1.807) is 13.3 Å². The summed E-state index contributed by atoms with van der Waals surface area (Å²) >= 11 is 0. The zero-order valence-electron chi connectivity index (χ0n) is 18.9. The molecule has 0 saturated heterocycles. The van der Waals surface area contributed by atoms with Crippen LogP contribution in [-0.4, -0.2) is 30.0 Å². The molecule has 1 heterocycles. The summed E-state index contributed by atoms with van der Waals surface area (Å²) in [7, 11) is 3.65. The molecule has 0 aliphatic heterocycles. The third-order valence-corrected chi connectivity index (χ3v) is 5.30. The SMILES string of the molecule is COc1ccc(CN(C)c2ccnc(-c3cccc(NC(=O)c4ccc(C)cc4)c3)n2)cc1. The highest BCUT2D eigenvalue weighted by atomic mass is 16.5. The van der Waals surface area contributed by atoms with E-state index < -0.39 is 0 Å². The fourth-order valence-electron chi connectivity index (χ4n) is 3.43. The lowest BCUT2D eigenvalue weighted by Crippen LogP contribution is -2.18. The minimum absolute atomic E-state index is 0.152. The first kappa shape index (κ1) is 22.0. The van der Waals surface area contributed by atoms with Crippen molar-refractivity contribution in [3.8, 4) is 17.1 Å². The van der Waals surface area contributed by atoms with Crippen molar-refractivity contribution in [2.24, 2.45) is 0 Å². The molecule has 0 saturated carbocycles. The molecule has 0 bridgehead atoms. The summed E-state index contributed by atoms with van der Waals surface area (Å²) in [4.78, 5) is 23.8. The molecule has 0 aliphatic carbocycles. The first-order valence-corrected chi connectivity index (χ1v) is 10.7. The summed E-state index contributed by atoms with van der Waals surface area (Å²) in [5.41, 5.74) is 4.40. The number of aryl methyl sites for hydroxylation is 1. The maximum atomic E-state index is 12.6. The Hall–Kier alpha value is -4.19. The number of carbonyl (C=O) groups is 1. The van der Waals surface area contributed by atoms with E-state index in [0.717, 1.165) is 28.3 Å². The van der Waals surface area contributed by atoms with E-state index >= 15 is 0 Å². The van der Waals surface area contributed by atoms with Crippen LogP contribution in [-0.2, 0) is 6.54 Å². The number of amides is 1. The van der Waals surface area contributed by atoms with Crippen LogP contribution in [0.25, 0.3) is 11.4 Å². The quantitative estimate of drug-likeness (QED) is 0.421. The Morgan fingerprint density at radius 1 is 1.00 bits per heavy atom. The summed E-state index contributed by atoms with van der Waals surface area (Å²) in [5, 5.41) is 2.95. The number of benzene rings is 3. The van der Waals surface area contributed by atoms with Crippen LogP contribution in [0.1, 0.15) is 21.5 Å². The zero-order chi connectivity index (χ0) is 23.2. The Balaban J connectivity index is 1.49. The van der Waals surface area contributed by atoms with Crippen LogP contribution in [0, 0.1) is 6.92 Å². The van der Waals surface area contributed by atoms with Crippen LogP contribution in [0.3, 0.4) is 0 Å². The van der Waals surface area contributed by atoms with Crippen LogP contribution >= 0.6 is 0 Å². The minimum Gasteiger partial charge on any atom is -0.497 e. The summed E-state index contributed by atoms with van der Waals surface area (Å²) in [6.07, 6.45) is 1.75. The fourth-order valence-corrected chi connectivity index (χ4v) is 3.43. The van der Waals surface area contributed by atoms with Gasteiger partial charge in [0.15, 0.2) is 5.82 Å². The fraction of sp³-hybridized carbons (Fsp3) is 0.148.